The Kier molecular flexibility index (Phi) is 2.44. The molecule has 3 atom stereocenters. The Morgan fingerprint density at radius 1 is 1.07 bits per heavy atom. The molecule has 0 aromatic rings. The Morgan fingerprint density at radius 2 is 1.67 bits per heavy atom. The number of hydrogen-bond donors (Lipinski definition) is 1. The van der Waals surface area contributed by atoms with Gasteiger partial charge in [-0.15, -0.1) is 0 Å². The summed E-state index contributed by atoms with van der Waals surface area (Å²) in [5, 5.41) is 3.67. The fraction of sp³-hybridized carbons (Fsp3) is 1.00. The molecule has 15 heavy (non-hydrogen) atoms. The average molecular weight is 210 g/mol. The number of fused-ring (bicyclic) bond motifs is 2. The van der Waals surface area contributed by atoms with Gasteiger partial charge in [0.1, 0.15) is 0 Å². The zero-order valence-electron chi connectivity index (χ0n) is 11.1. The first-order valence-corrected chi connectivity index (χ1v) is 6.21. The van der Waals surface area contributed by atoms with Crippen molar-refractivity contribution in [3.05, 3.63) is 0 Å². The van der Waals surface area contributed by atoms with E-state index in [4.69, 9.17) is 0 Å². The molecule has 2 aliphatic rings. The highest BCUT2D eigenvalue weighted by atomic mass is 15.3. The second-order valence-corrected chi connectivity index (χ2v) is 7.30. The zero-order chi connectivity index (χ0) is 11.4. The van der Waals surface area contributed by atoms with Crippen LogP contribution in [0.15, 0.2) is 0 Å². The highest BCUT2D eigenvalue weighted by Gasteiger charge is 2.53. The summed E-state index contributed by atoms with van der Waals surface area (Å²) in [6, 6.07) is 1.46. The summed E-state index contributed by atoms with van der Waals surface area (Å²) in [6.07, 6.45) is 0. The van der Waals surface area contributed by atoms with E-state index in [-0.39, 0.29) is 0 Å². The van der Waals surface area contributed by atoms with Gasteiger partial charge in [0.2, 0.25) is 0 Å². The molecule has 0 aromatic carbocycles. The molecule has 0 aromatic heterocycles. The summed E-state index contributed by atoms with van der Waals surface area (Å²) in [6.45, 7) is 16.6. The average Bonchev–Trinajstić information content (AvgIpc) is 2.55. The van der Waals surface area contributed by atoms with Crippen LogP contribution in [0.25, 0.3) is 0 Å². The van der Waals surface area contributed by atoms with Gasteiger partial charge in [0.15, 0.2) is 0 Å². The van der Waals surface area contributed by atoms with Gasteiger partial charge in [-0.2, -0.15) is 0 Å². The molecular weight excluding hydrogens is 184 g/mol. The number of hydrogen-bond acceptors (Lipinski definition) is 2. The molecule has 0 radical (unpaired) electrons. The van der Waals surface area contributed by atoms with Crippen LogP contribution in [-0.2, 0) is 0 Å². The maximum absolute atomic E-state index is 3.67. The molecule has 2 fully saturated rings. The summed E-state index contributed by atoms with van der Waals surface area (Å²) < 4.78 is 0. The molecule has 0 saturated carbocycles. The first-order valence-electron chi connectivity index (χ1n) is 6.21. The van der Waals surface area contributed by atoms with Gasteiger partial charge in [0.05, 0.1) is 0 Å². The van der Waals surface area contributed by atoms with Gasteiger partial charge in [-0.25, -0.2) is 0 Å². The highest BCUT2D eigenvalue weighted by Crippen LogP contribution is 2.44. The van der Waals surface area contributed by atoms with Crippen LogP contribution in [0.1, 0.15) is 41.5 Å². The van der Waals surface area contributed by atoms with Crippen LogP contribution in [0.4, 0.5) is 0 Å². The SMILES string of the molecule is CC(C)(C)C1[C@H]2CN[C@@H]1CN2C(C)(C)C. The molecule has 1 unspecified atom stereocenters. The lowest BCUT2D eigenvalue weighted by Crippen LogP contribution is -2.52. The molecule has 2 heterocycles. The Morgan fingerprint density at radius 3 is 2.00 bits per heavy atom. The van der Waals surface area contributed by atoms with Gasteiger partial charge in [-0.05, 0) is 32.1 Å². The predicted molar refractivity (Wildman–Crippen MR) is 65.0 cm³/mol. The van der Waals surface area contributed by atoms with Gasteiger partial charge >= 0.3 is 0 Å². The van der Waals surface area contributed by atoms with Gasteiger partial charge in [0, 0.05) is 30.7 Å². The number of nitrogens with zero attached hydrogens (tertiary/aromatic N) is 1. The quantitative estimate of drug-likeness (QED) is 0.659. The van der Waals surface area contributed by atoms with Crippen LogP contribution >= 0.6 is 0 Å². The summed E-state index contributed by atoms with van der Waals surface area (Å²) in [5.74, 6) is 0.816. The van der Waals surface area contributed by atoms with Crippen molar-refractivity contribution in [2.45, 2.75) is 59.2 Å². The van der Waals surface area contributed by atoms with Gasteiger partial charge in [0.25, 0.3) is 0 Å². The second-order valence-electron chi connectivity index (χ2n) is 7.30. The molecule has 2 nitrogen and oxygen atoms in total. The molecule has 2 aliphatic heterocycles. The van der Waals surface area contributed by atoms with Crippen LogP contribution < -0.4 is 5.32 Å². The van der Waals surface area contributed by atoms with Crippen molar-refractivity contribution in [1.82, 2.24) is 10.2 Å². The van der Waals surface area contributed by atoms with Crippen LogP contribution in [0.5, 0.6) is 0 Å². The Bertz CT molecular complexity index is 246. The van der Waals surface area contributed by atoms with E-state index >= 15 is 0 Å². The largest absolute Gasteiger partial charge is 0.311 e. The summed E-state index contributed by atoms with van der Waals surface area (Å²) in [5.41, 5.74) is 0.754. The van der Waals surface area contributed by atoms with E-state index < -0.39 is 0 Å². The lowest BCUT2D eigenvalue weighted by molar-refractivity contribution is 0.0849. The summed E-state index contributed by atoms with van der Waals surface area (Å²) >= 11 is 0. The Labute approximate surface area is 94.4 Å². The van der Waals surface area contributed by atoms with Crippen molar-refractivity contribution < 1.29 is 0 Å². The first-order chi connectivity index (χ1) is 6.71. The van der Waals surface area contributed by atoms with Gasteiger partial charge < -0.3 is 5.32 Å². The van der Waals surface area contributed by atoms with Crippen molar-refractivity contribution in [2.75, 3.05) is 13.1 Å². The van der Waals surface area contributed by atoms with E-state index in [1.54, 1.807) is 0 Å². The van der Waals surface area contributed by atoms with Crippen molar-refractivity contribution in [1.29, 1.82) is 0 Å². The topological polar surface area (TPSA) is 15.3 Å². The number of piperazine rings is 1. The fourth-order valence-electron chi connectivity index (χ4n) is 3.58. The third-order valence-corrected chi connectivity index (χ3v) is 4.09. The molecule has 2 bridgehead atoms. The van der Waals surface area contributed by atoms with E-state index in [0.29, 0.717) is 17.0 Å². The second kappa shape index (κ2) is 3.21. The minimum absolute atomic E-state index is 0.324. The number of rotatable bonds is 0. The maximum atomic E-state index is 3.67. The molecular formula is C13H26N2. The smallest absolute Gasteiger partial charge is 0.0275 e. The lowest BCUT2D eigenvalue weighted by Gasteiger charge is -2.40. The molecule has 2 rings (SSSR count). The predicted octanol–water partition coefficient (Wildman–Crippen LogP) is 2.10. The van der Waals surface area contributed by atoms with Gasteiger partial charge in [-0.1, -0.05) is 20.8 Å². The fourth-order valence-corrected chi connectivity index (χ4v) is 3.58. The van der Waals surface area contributed by atoms with Crippen LogP contribution in [0.3, 0.4) is 0 Å². The van der Waals surface area contributed by atoms with Crippen molar-refractivity contribution in [3.63, 3.8) is 0 Å². The molecule has 0 amide bonds. The van der Waals surface area contributed by atoms with Crippen molar-refractivity contribution in [2.24, 2.45) is 11.3 Å². The van der Waals surface area contributed by atoms with E-state index in [0.717, 1.165) is 12.0 Å². The molecule has 1 N–H and O–H groups in total. The molecule has 88 valence electrons. The van der Waals surface area contributed by atoms with Crippen molar-refractivity contribution in [3.8, 4) is 0 Å². The minimum atomic E-state index is 0.324. The molecule has 0 spiro atoms. The van der Waals surface area contributed by atoms with E-state index in [1.807, 2.05) is 0 Å². The van der Waals surface area contributed by atoms with E-state index in [9.17, 15) is 0 Å². The first kappa shape index (κ1) is 11.4. The van der Waals surface area contributed by atoms with Crippen LogP contribution in [0.2, 0.25) is 0 Å². The summed E-state index contributed by atoms with van der Waals surface area (Å²) in [4.78, 5) is 2.70. The Balaban J connectivity index is 2.20. The monoisotopic (exact) mass is 210 g/mol. The normalized spacial score (nSPS) is 37.6. The van der Waals surface area contributed by atoms with Crippen molar-refractivity contribution >= 4 is 0 Å². The maximum Gasteiger partial charge on any atom is 0.0275 e. The number of likely N-dealkylation sites (tertiary alicyclic amines) is 1. The standard InChI is InChI=1S/C13H26N2/c1-12(2,3)11-9-8-15(13(4,5)6)10(11)7-14-9/h9-11,14H,7-8H2,1-6H3/t9-,10-,11?/m1/s1. The van der Waals surface area contributed by atoms with E-state index in [2.05, 4.69) is 51.8 Å². The number of nitrogens with one attached hydrogen (secondary N) is 1. The van der Waals surface area contributed by atoms with E-state index in [1.165, 1.54) is 13.1 Å². The third kappa shape index (κ3) is 1.83. The third-order valence-electron chi connectivity index (χ3n) is 4.09. The lowest BCUT2D eigenvalue weighted by atomic mass is 9.76. The summed E-state index contributed by atoms with van der Waals surface area (Å²) in [7, 11) is 0. The van der Waals surface area contributed by atoms with Crippen LogP contribution in [0, 0.1) is 11.3 Å². The molecule has 0 aliphatic carbocycles. The Hall–Kier alpha value is -0.0800. The molecule has 2 heteroatoms. The highest BCUT2D eigenvalue weighted by molar-refractivity contribution is 5.10. The zero-order valence-corrected chi connectivity index (χ0v) is 11.1. The van der Waals surface area contributed by atoms with Gasteiger partial charge in [-0.3, -0.25) is 4.90 Å². The van der Waals surface area contributed by atoms with Crippen LogP contribution in [-0.4, -0.2) is 35.6 Å². The molecule has 2 saturated heterocycles. The minimum Gasteiger partial charge on any atom is -0.311 e.